The van der Waals surface area contributed by atoms with E-state index < -0.39 is 22.9 Å². The third kappa shape index (κ3) is 5.08. The van der Waals surface area contributed by atoms with E-state index in [9.17, 15) is 14.4 Å². The maximum absolute atomic E-state index is 13.8. The van der Waals surface area contributed by atoms with Gasteiger partial charge >= 0.3 is 0 Å². The molecular formula is C25H34N6O3S. The zero-order chi connectivity index (χ0) is 25.3. The Labute approximate surface area is 210 Å². The number of amides is 3. The Bertz CT molecular complexity index is 1100. The summed E-state index contributed by atoms with van der Waals surface area (Å²) in [5, 5.41) is 13.3. The molecule has 2 aliphatic rings. The van der Waals surface area contributed by atoms with Crippen molar-refractivity contribution in [3.8, 4) is 5.69 Å². The Morgan fingerprint density at radius 3 is 2.60 bits per heavy atom. The lowest BCUT2D eigenvalue weighted by Crippen LogP contribution is -2.58. The summed E-state index contributed by atoms with van der Waals surface area (Å²) in [6, 6.07) is 9.67. The zero-order valence-electron chi connectivity index (χ0n) is 20.9. The number of rotatable bonds is 6. The molecule has 0 aliphatic carbocycles. The molecule has 0 saturated carbocycles. The number of nitrogens with zero attached hydrogens (tertiary/aromatic N) is 3. The number of para-hydroxylation sites is 1. The highest BCUT2D eigenvalue weighted by Gasteiger charge is 2.54. The van der Waals surface area contributed by atoms with Crippen molar-refractivity contribution < 1.29 is 14.4 Å². The van der Waals surface area contributed by atoms with Gasteiger partial charge in [0.2, 0.25) is 17.7 Å². The number of benzene rings is 1. The van der Waals surface area contributed by atoms with Gasteiger partial charge in [0.05, 0.1) is 22.8 Å². The number of hydrogen-bond donors (Lipinski definition) is 3. The number of hydrogen-bond acceptors (Lipinski definition) is 6. The molecule has 3 amide bonds. The van der Waals surface area contributed by atoms with E-state index in [2.05, 4.69) is 21.0 Å². The number of fused-ring (bicyclic) bond motifs is 1. The highest BCUT2D eigenvalue weighted by Crippen LogP contribution is 2.48. The number of aromatic nitrogens is 2. The Hall–Kier alpha value is -2.85. The predicted octanol–water partition coefficient (Wildman–Crippen LogP) is 2.44. The van der Waals surface area contributed by atoms with Gasteiger partial charge in [0.15, 0.2) is 0 Å². The summed E-state index contributed by atoms with van der Waals surface area (Å²) >= 11 is 1.65. The van der Waals surface area contributed by atoms with Crippen molar-refractivity contribution in [3.63, 3.8) is 0 Å². The second kappa shape index (κ2) is 10.0. The standard InChI is InChI=1S/C25H34N6O3S/c1-15-14-19(31(29-15)17-10-7-6-8-11-17)28-23(33)21-25(3,4)35-20-13-9-12-18(24(34)30(20)21)27-22(32)16(2)26-5/h6-8,10-11,14,16,18,20-21,26H,9,12-13H2,1-5H3,(H,27,32)(H,28,33)/t16-,18-,20+,21?/m0/s1. The predicted molar refractivity (Wildman–Crippen MR) is 137 cm³/mol. The second-order valence-corrected chi connectivity index (χ2v) is 11.6. The molecule has 4 atom stereocenters. The summed E-state index contributed by atoms with van der Waals surface area (Å²) in [5.41, 5.74) is 1.61. The first-order valence-corrected chi connectivity index (χ1v) is 12.9. The summed E-state index contributed by atoms with van der Waals surface area (Å²) in [6.07, 6.45) is 2.13. The highest BCUT2D eigenvalue weighted by atomic mass is 32.2. The quantitative estimate of drug-likeness (QED) is 0.565. The molecule has 0 radical (unpaired) electrons. The third-order valence-electron chi connectivity index (χ3n) is 6.66. The van der Waals surface area contributed by atoms with Crippen LogP contribution < -0.4 is 16.0 Å². The van der Waals surface area contributed by atoms with E-state index in [-0.39, 0.29) is 23.1 Å². The number of carbonyl (C=O) groups excluding carboxylic acids is 3. The first kappa shape index (κ1) is 25.2. The Balaban J connectivity index is 1.61. The number of aryl methyl sites for hydroxylation is 1. The fourth-order valence-corrected chi connectivity index (χ4v) is 6.47. The molecule has 10 heteroatoms. The number of likely N-dealkylation sites (N-methyl/N-ethyl adjacent to an activating group) is 1. The topological polar surface area (TPSA) is 108 Å². The van der Waals surface area contributed by atoms with Crippen LogP contribution in [0.15, 0.2) is 36.4 Å². The monoisotopic (exact) mass is 498 g/mol. The van der Waals surface area contributed by atoms with E-state index in [0.717, 1.165) is 24.2 Å². The fraction of sp³-hybridized carbons (Fsp3) is 0.520. The average Bonchev–Trinajstić information content (AvgIpc) is 3.28. The molecule has 1 aromatic carbocycles. The molecule has 3 heterocycles. The minimum Gasteiger partial charge on any atom is -0.343 e. The van der Waals surface area contributed by atoms with Gasteiger partial charge in [-0.1, -0.05) is 18.2 Å². The largest absolute Gasteiger partial charge is 0.343 e. The molecular weight excluding hydrogens is 464 g/mol. The maximum atomic E-state index is 13.8. The van der Waals surface area contributed by atoms with Gasteiger partial charge in [0.1, 0.15) is 17.9 Å². The van der Waals surface area contributed by atoms with Gasteiger partial charge in [0.25, 0.3) is 0 Å². The molecule has 3 N–H and O–H groups in total. The van der Waals surface area contributed by atoms with Crippen LogP contribution in [-0.4, -0.2) is 67.7 Å². The summed E-state index contributed by atoms with van der Waals surface area (Å²) < 4.78 is 1.20. The molecule has 4 rings (SSSR count). The van der Waals surface area contributed by atoms with Crippen molar-refractivity contribution in [3.05, 3.63) is 42.1 Å². The smallest absolute Gasteiger partial charge is 0.249 e. The molecule has 188 valence electrons. The van der Waals surface area contributed by atoms with E-state index in [0.29, 0.717) is 12.2 Å². The summed E-state index contributed by atoms with van der Waals surface area (Å²) in [5.74, 6) is -0.127. The van der Waals surface area contributed by atoms with Crippen LogP contribution >= 0.6 is 11.8 Å². The van der Waals surface area contributed by atoms with Gasteiger partial charge in [-0.2, -0.15) is 5.10 Å². The molecule has 1 unspecified atom stereocenters. The molecule has 2 aliphatic heterocycles. The molecule has 9 nitrogen and oxygen atoms in total. The first-order chi connectivity index (χ1) is 16.6. The van der Waals surface area contributed by atoms with E-state index in [1.54, 1.807) is 35.3 Å². The van der Waals surface area contributed by atoms with Crippen LogP contribution in [0.2, 0.25) is 0 Å². The van der Waals surface area contributed by atoms with Crippen LogP contribution in [-0.2, 0) is 14.4 Å². The number of carbonyl (C=O) groups is 3. The van der Waals surface area contributed by atoms with E-state index in [4.69, 9.17) is 0 Å². The van der Waals surface area contributed by atoms with Crippen molar-refractivity contribution in [1.29, 1.82) is 0 Å². The lowest BCUT2D eigenvalue weighted by molar-refractivity contribution is -0.142. The normalized spacial score (nSPS) is 24.4. The minimum absolute atomic E-state index is 0.113. The van der Waals surface area contributed by atoms with Crippen LogP contribution in [0.1, 0.15) is 45.7 Å². The Morgan fingerprint density at radius 1 is 1.20 bits per heavy atom. The summed E-state index contributed by atoms with van der Waals surface area (Å²) in [4.78, 5) is 41.7. The molecule has 2 fully saturated rings. The molecule has 2 saturated heterocycles. The first-order valence-electron chi connectivity index (χ1n) is 12.0. The number of nitrogens with one attached hydrogen (secondary N) is 3. The summed E-state index contributed by atoms with van der Waals surface area (Å²) in [6.45, 7) is 7.63. The van der Waals surface area contributed by atoms with Crippen molar-refractivity contribution in [2.45, 2.75) is 75.2 Å². The van der Waals surface area contributed by atoms with Gasteiger partial charge in [-0.05, 0) is 66.1 Å². The molecule has 1 aromatic heterocycles. The van der Waals surface area contributed by atoms with Gasteiger partial charge in [-0.3, -0.25) is 14.4 Å². The average molecular weight is 499 g/mol. The van der Waals surface area contributed by atoms with Crippen molar-refractivity contribution in [2.75, 3.05) is 12.4 Å². The molecule has 2 aromatic rings. The summed E-state index contributed by atoms with van der Waals surface area (Å²) in [7, 11) is 1.71. The second-order valence-electron chi connectivity index (χ2n) is 9.73. The van der Waals surface area contributed by atoms with Crippen molar-refractivity contribution >= 4 is 35.3 Å². The highest BCUT2D eigenvalue weighted by molar-refractivity contribution is 8.01. The SMILES string of the molecule is CN[C@@H](C)C(=O)N[C@H]1CCC[C@H]2SC(C)(C)C(C(=O)Nc3cc(C)nn3-c3ccccc3)N2C1=O. The van der Waals surface area contributed by atoms with Gasteiger partial charge in [-0.25, -0.2) is 4.68 Å². The lowest BCUT2D eigenvalue weighted by atomic mass is 9.99. The molecule has 35 heavy (non-hydrogen) atoms. The molecule has 0 spiro atoms. The third-order valence-corrected chi connectivity index (χ3v) is 8.22. The number of anilines is 1. The van der Waals surface area contributed by atoms with Crippen LogP contribution in [0, 0.1) is 6.92 Å². The lowest BCUT2D eigenvalue weighted by Gasteiger charge is -2.33. The van der Waals surface area contributed by atoms with E-state index >= 15 is 0 Å². The van der Waals surface area contributed by atoms with E-state index in [1.165, 1.54) is 0 Å². The van der Waals surface area contributed by atoms with Crippen LogP contribution in [0.25, 0.3) is 5.69 Å². The maximum Gasteiger partial charge on any atom is 0.249 e. The Morgan fingerprint density at radius 2 is 1.91 bits per heavy atom. The van der Waals surface area contributed by atoms with Crippen molar-refractivity contribution in [2.24, 2.45) is 0 Å². The van der Waals surface area contributed by atoms with Crippen LogP contribution in [0.5, 0.6) is 0 Å². The van der Waals surface area contributed by atoms with E-state index in [1.807, 2.05) is 57.2 Å². The minimum atomic E-state index is -0.691. The van der Waals surface area contributed by atoms with Gasteiger partial charge < -0.3 is 20.9 Å². The van der Waals surface area contributed by atoms with Crippen LogP contribution in [0.3, 0.4) is 0 Å². The molecule has 0 bridgehead atoms. The van der Waals surface area contributed by atoms with Crippen LogP contribution in [0.4, 0.5) is 5.82 Å². The zero-order valence-corrected chi connectivity index (χ0v) is 21.7. The fourth-order valence-electron chi connectivity index (χ4n) is 4.79. The van der Waals surface area contributed by atoms with Crippen molar-refractivity contribution in [1.82, 2.24) is 25.3 Å². The number of thioether (sulfide) groups is 1. The Kier molecular flexibility index (Phi) is 7.23. The van der Waals surface area contributed by atoms with Gasteiger partial charge in [-0.15, -0.1) is 11.8 Å². The van der Waals surface area contributed by atoms with Gasteiger partial charge in [0, 0.05) is 10.8 Å².